The molecule has 4 heteroatoms. The summed E-state index contributed by atoms with van der Waals surface area (Å²) in [6.07, 6.45) is 4.53. The van der Waals surface area contributed by atoms with E-state index in [1.807, 2.05) is 6.92 Å². The summed E-state index contributed by atoms with van der Waals surface area (Å²) < 4.78 is 2.21. The van der Waals surface area contributed by atoms with E-state index in [0.29, 0.717) is 0 Å². The van der Waals surface area contributed by atoms with Crippen LogP contribution in [0.25, 0.3) is 0 Å². The average Bonchev–Trinajstić information content (AvgIpc) is 2.93. The number of anilines is 1. The number of aromatic nitrogens is 2. The number of hydrogen-bond donors (Lipinski definition) is 1. The molecule has 3 nitrogen and oxygen atoms in total. The van der Waals surface area contributed by atoms with E-state index in [0.717, 1.165) is 24.7 Å². The van der Waals surface area contributed by atoms with E-state index in [2.05, 4.69) is 45.5 Å². The molecular weight excluding hydrogens is 230 g/mol. The molecule has 92 valence electrons. The number of thiophene rings is 1. The summed E-state index contributed by atoms with van der Waals surface area (Å²) in [6.45, 7) is 6.16. The minimum Gasteiger partial charge on any atom is -0.351 e. The van der Waals surface area contributed by atoms with Gasteiger partial charge in [-0.15, -0.1) is 11.3 Å². The molecule has 0 aliphatic carbocycles. The van der Waals surface area contributed by atoms with E-state index in [1.165, 1.54) is 17.7 Å². The van der Waals surface area contributed by atoms with Crippen molar-refractivity contribution in [3.8, 4) is 0 Å². The predicted molar refractivity (Wildman–Crippen MR) is 73.5 cm³/mol. The Hall–Kier alpha value is -1.29. The standard InChI is InChI=1S/C13H19N3S/c1-3-4-7-16-10-11(2)15-13(16)14-9-12-6-5-8-17-12/h5-6,8,10H,3-4,7,9H2,1-2H3,(H,14,15). The Balaban J connectivity index is 1.99. The summed E-state index contributed by atoms with van der Waals surface area (Å²) in [4.78, 5) is 5.86. The molecule has 0 saturated carbocycles. The number of nitrogens with zero attached hydrogens (tertiary/aromatic N) is 2. The topological polar surface area (TPSA) is 29.9 Å². The third kappa shape index (κ3) is 3.33. The summed E-state index contributed by atoms with van der Waals surface area (Å²) in [6, 6.07) is 4.22. The minimum absolute atomic E-state index is 0.861. The molecule has 2 aromatic heterocycles. The van der Waals surface area contributed by atoms with E-state index in [9.17, 15) is 0 Å². The molecule has 1 N–H and O–H groups in total. The Labute approximate surface area is 107 Å². The van der Waals surface area contributed by atoms with Gasteiger partial charge in [-0.3, -0.25) is 0 Å². The second-order valence-corrected chi connectivity index (χ2v) is 5.22. The summed E-state index contributed by atoms with van der Waals surface area (Å²) in [7, 11) is 0. The summed E-state index contributed by atoms with van der Waals surface area (Å²) in [5, 5.41) is 5.51. The predicted octanol–water partition coefficient (Wildman–Crippen LogP) is 3.67. The van der Waals surface area contributed by atoms with Crippen molar-refractivity contribution in [2.75, 3.05) is 5.32 Å². The van der Waals surface area contributed by atoms with Crippen LogP contribution in [0, 0.1) is 6.92 Å². The van der Waals surface area contributed by atoms with Crippen LogP contribution in [-0.2, 0) is 13.1 Å². The number of imidazole rings is 1. The van der Waals surface area contributed by atoms with Crippen LogP contribution in [0.2, 0.25) is 0 Å². The van der Waals surface area contributed by atoms with Crippen LogP contribution in [0.15, 0.2) is 23.7 Å². The lowest BCUT2D eigenvalue weighted by molar-refractivity contribution is 0.635. The smallest absolute Gasteiger partial charge is 0.203 e. The number of aryl methyl sites for hydroxylation is 2. The van der Waals surface area contributed by atoms with Crippen LogP contribution >= 0.6 is 11.3 Å². The van der Waals surface area contributed by atoms with Gasteiger partial charge in [0.1, 0.15) is 0 Å². The van der Waals surface area contributed by atoms with Crippen LogP contribution < -0.4 is 5.32 Å². The lowest BCUT2D eigenvalue weighted by Gasteiger charge is -2.08. The van der Waals surface area contributed by atoms with Crippen LogP contribution in [-0.4, -0.2) is 9.55 Å². The quantitative estimate of drug-likeness (QED) is 0.846. The van der Waals surface area contributed by atoms with E-state index in [-0.39, 0.29) is 0 Å². The fourth-order valence-electron chi connectivity index (χ4n) is 1.77. The molecule has 0 bridgehead atoms. The monoisotopic (exact) mass is 249 g/mol. The first-order chi connectivity index (χ1) is 8.29. The molecule has 2 aromatic rings. The lowest BCUT2D eigenvalue weighted by Crippen LogP contribution is -2.06. The van der Waals surface area contributed by atoms with Crippen molar-refractivity contribution >= 4 is 17.3 Å². The SMILES string of the molecule is CCCCn1cc(C)nc1NCc1cccs1. The second-order valence-electron chi connectivity index (χ2n) is 4.19. The third-order valence-electron chi connectivity index (χ3n) is 2.65. The number of nitrogens with one attached hydrogen (secondary N) is 1. The van der Waals surface area contributed by atoms with E-state index < -0.39 is 0 Å². The molecule has 2 heterocycles. The lowest BCUT2D eigenvalue weighted by atomic mass is 10.3. The maximum absolute atomic E-state index is 4.52. The van der Waals surface area contributed by atoms with Crippen LogP contribution in [0.1, 0.15) is 30.3 Å². The first-order valence-corrected chi connectivity index (χ1v) is 6.97. The van der Waals surface area contributed by atoms with Crippen molar-refractivity contribution in [2.24, 2.45) is 0 Å². The highest BCUT2D eigenvalue weighted by Gasteiger charge is 2.04. The van der Waals surface area contributed by atoms with Crippen LogP contribution in [0.4, 0.5) is 5.95 Å². The highest BCUT2D eigenvalue weighted by molar-refractivity contribution is 7.09. The zero-order chi connectivity index (χ0) is 12.1. The van der Waals surface area contributed by atoms with Gasteiger partial charge in [0.05, 0.1) is 12.2 Å². The Morgan fingerprint density at radius 3 is 3.06 bits per heavy atom. The fourth-order valence-corrected chi connectivity index (χ4v) is 2.41. The van der Waals surface area contributed by atoms with Crippen molar-refractivity contribution in [1.82, 2.24) is 9.55 Å². The molecule has 17 heavy (non-hydrogen) atoms. The molecule has 0 aliphatic heterocycles. The number of rotatable bonds is 6. The zero-order valence-electron chi connectivity index (χ0n) is 10.4. The van der Waals surface area contributed by atoms with Gasteiger partial charge in [-0.05, 0) is 24.8 Å². The van der Waals surface area contributed by atoms with Gasteiger partial charge in [0, 0.05) is 17.6 Å². The molecule has 0 unspecified atom stereocenters. The summed E-state index contributed by atoms with van der Waals surface area (Å²) >= 11 is 1.77. The Kier molecular flexibility index (Phi) is 4.20. The molecule has 0 atom stereocenters. The van der Waals surface area contributed by atoms with Crippen molar-refractivity contribution in [3.05, 3.63) is 34.3 Å². The minimum atomic E-state index is 0.861. The fraction of sp³-hybridized carbons (Fsp3) is 0.462. The molecule has 0 amide bonds. The third-order valence-corrected chi connectivity index (χ3v) is 3.53. The molecule has 2 rings (SSSR count). The first kappa shape index (κ1) is 12.2. The van der Waals surface area contributed by atoms with Gasteiger partial charge in [-0.1, -0.05) is 19.4 Å². The second kappa shape index (κ2) is 5.87. The van der Waals surface area contributed by atoms with Gasteiger partial charge in [0.15, 0.2) is 0 Å². The zero-order valence-corrected chi connectivity index (χ0v) is 11.3. The maximum Gasteiger partial charge on any atom is 0.203 e. The van der Waals surface area contributed by atoms with Crippen molar-refractivity contribution in [2.45, 2.75) is 39.8 Å². The Bertz CT molecular complexity index is 445. The van der Waals surface area contributed by atoms with Gasteiger partial charge < -0.3 is 9.88 Å². The Morgan fingerprint density at radius 1 is 1.47 bits per heavy atom. The molecule has 0 fully saturated rings. The van der Waals surface area contributed by atoms with E-state index in [4.69, 9.17) is 0 Å². The largest absolute Gasteiger partial charge is 0.351 e. The molecule has 0 spiro atoms. The molecule has 0 saturated heterocycles. The normalized spacial score (nSPS) is 10.7. The van der Waals surface area contributed by atoms with E-state index >= 15 is 0 Å². The van der Waals surface area contributed by atoms with Gasteiger partial charge in [0.25, 0.3) is 0 Å². The molecule has 0 aliphatic rings. The van der Waals surface area contributed by atoms with E-state index in [1.54, 1.807) is 11.3 Å². The molecular formula is C13H19N3S. The average molecular weight is 249 g/mol. The molecule has 0 aromatic carbocycles. The highest BCUT2D eigenvalue weighted by atomic mass is 32.1. The van der Waals surface area contributed by atoms with Crippen LogP contribution in [0.5, 0.6) is 0 Å². The highest BCUT2D eigenvalue weighted by Crippen LogP contribution is 2.14. The summed E-state index contributed by atoms with van der Waals surface area (Å²) in [5.41, 5.74) is 1.08. The van der Waals surface area contributed by atoms with Crippen molar-refractivity contribution in [1.29, 1.82) is 0 Å². The van der Waals surface area contributed by atoms with Crippen molar-refractivity contribution in [3.63, 3.8) is 0 Å². The van der Waals surface area contributed by atoms with Crippen LogP contribution in [0.3, 0.4) is 0 Å². The summed E-state index contributed by atoms with van der Waals surface area (Å²) in [5.74, 6) is 0.990. The molecule has 0 radical (unpaired) electrons. The first-order valence-electron chi connectivity index (χ1n) is 6.09. The Morgan fingerprint density at radius 2 is 2.35 bits per heavy atom. The maximum atomic E-state index is 4.52. The van der Waals surface area contributed by atoms with Gasteiger partial charge in [0.2, 0.25) is 5.95 Å². The van der Waals surface area contributed by atoms with Crippen molar-refractivity contribution < 1.29 is 0 Å². The van der Waals surface area contributed by atoms with Gasteiger partial charge in [-0.2, -0.15) is 0 Å². The van der Waals surface area contributed by atoms with Gasteiger partial charge in [-0.25, -0.2) is 4.98 Å². The number of unbranched alkanes of at least 4 members (excludes halogenated alkanes) is 1. The number of hydrogen-bond acceptors (Lipinski definition) is 3. The van der Waals surface area contributed by atoms with Gasteiger partial charge >= 0.3 is 0 Å².